The number of carbonyl (C=O) groups is 2. The highest BCUT2D eigenvalue weighted by molar-refractivity contribution is 7.92. The third-order valence-corrected chi connectivity index (χ3v) is 9.71. The van der Waals surface area contributed by atoms with E-state index in [0.29, 0.717) is 16.3 Å². The molecule has 0 aromatic heterocycles. The highest BCUT2D eigenvalue weighted by Crippen LogP contribution is 2.27. The van der Waals surface area contributed by atoms with Crippen LogP contribution in [0.1, 0.15) is 49.3 Å². The lowest BCUT2D eigenvalue weighted by Crippen LogP contribution is -2.52. The molecule has 1 fully saturated rings. The zero-order valence-electron chi connectivity index (χ0n) is 23.1. The van der Waals surface area contributed by atoms with Crippen LogP contribution in [0.2, 0.25) is 5.02 Å². The molecule has 9 heteroatoms. The van der Waals surface area contributed by atoms with Crippen molar-refractivity contribution in [1.82, 2.24) is 10.2 Å². The fraction of sp³-hybridized carbons (Fsp3) is 0.355. The summed E-state index contributed by atoms with van der Waals surface area (Å²) in [5.74, 6) is -0.775. The third-order valence-electron chi connectivity index (χ3n) is 7.56. The molecule has 40 heavy (non-hydrogen) atoms. The average Bonchev–Trinajstić information content (AvgIpc) is 3.46. The van der Waals surface area contributed by atoms with Crippen molar-refractivity contribution in [2.24, 2.45) is 0 Å². The molecule has 3 aromatic carbocycles. The van der Waals surface area contributed by atoms with Crippen molar-refractivity contribution in [1.29, 1.82) is 0 Å². The molecule has 0 spiro atoms. The molecule has 2 amide bonds. The summed E-state index contributed by atoms with van der Waals surface area (Å²) in [5, 5.41) is 3.54. The maximum atomic E-state index is 14.1. The number of anilines is 1. The Kier molecular flexibility index (Phi) is 9.53. The van der Waals surface area contributed by atoms with Gasteiger partial charge >= 0.3 is 0 Å². The number of aryl methyl sites for hydroxylation is 2. The van der Waals surface area contributed by atoms with Crippen LogP contribution < -0.4 is 9.62 Å². The number of carbonyl (C=O) groups excluding carboxylic acids is 2. The Morgan fingerprint density at radius 3 is 2.25 bits per heavy atom. The average molecular weight is 582 g/mol. The number of nitrogens with zero attached hydrogens (tertiary/aromatic N) is 2. The van der Waals surface area contributed by atoms with E-state index in [4.69, 9.17) is 11.6 Å². The first-order chi connectivity index (χ1) is 19.1. The molecule has 1 aliphatic rings. The SMILES string of the molecule is Cc1ccc(N(CC(=O)N(Cc2ccccc2Cl)[C@@H](C)C(=O)NC2CCCC2)S(=O)(=O)c2ccccc2)cc1C. The summed E-state index contributed by atoms with van der Waals surface area (Å²) in [5.41, 5.74) is 2.95. The van der Waals surface area contributed by atoms with Gasteiger partial charge in [0.15, 0.2) is 0 Å². The molecular formula is C31H36ClN3O4S. The van der Waals surface area contributed by atoms with E-state index in [0.717, 1.165) is 41.1 Å². The van der Waals surface area contributed by atoms with E-state index in [1.165, 1.54) is 17.0 Å². The quantitative estimate of drug-likeness (QED) is 0.336. The lowest BCUT2D eigenvalue weighted by Gasteiger charge is -2.32. The molecular weight excluding hydrogens is 546 g/mol. The summed E-state index contributed by atoms with van der Waals surface area (Å²) in [4.78, 5) is 28.9. The maximum Gasteiger partial charge on any atom is 0.264 e. The van der Waals surface area contributed by atoms with Crippen molar-refractivity contribution in [2.45, 2.75) is 70.0 Å². The molecule has 0 saturated heterocycles. The Bertz CT molecular complexity index is 1460. The zero-order valence-corrected chi connectivity index (χ0v) is 24.7. The fourth-order valence-corrected chi connectivity index (χ4v) is 6.54. The second-order valence-corrected chi connectivity index (χ2v) is 12.6. The number of hydrogen-bond acceptors (Lipinski definition) is 4. The van der Waals surface area contributed by atoms with Gasteiger partial charge in [-0.3, -0.25) is 13.9 Å². The topological polar surface area (TPSA) is 86.8 Å². The van der Waals surface area contributed by atoms with E-state index in [1.54, 1.807) is 55.5 Å². The van der Waals surface area contributed by atoms with Crippen LogP contribution in [0, 0.1) is 13.8 Å². The predicted octanol–water partition coefficient (Wildman–Crippen LogP) is 5.63. The summed E-state index contributed by atoms with van der Waals surface area (Å²) >= 11 is 6.44. The minimum Gasteiger partial charge on any atom is -0.352 e. The third kappa shape index (κ3) is 6.85. The van der Waals surface area contributed by atoms with Crippen LogP contribution in [0.15, 0.2) is 77.7 Å². The number of benzene rings is 3. The van der Waals surface area contributed by atoms with Crippen LogP contribution in [0.5, 0.6) is 0 Å². The van der Waals surface area contributed by atoms with Gasteiger partial charge in [-0.1, -0.05) is 66.9 Å². The largest absolute Gasteiger partial charge is 0.352 e. The molecule has 0 aliphatic heterocycles. The van der Waals surface area contributed by atoms with Gasteiger partial charge in [-0.05, 0) is 80.6 Å². The first-order valence-corrected chi connectivity index (χ1v) is 15.4. The highest BCUT2D eigenvalue weighted by Gasteiger charge is 2.33. The Balaban J connectivity index is 1.70. The second-order valence-electron chi connectivity index (χ2n) is 10.4. The van der Waals surface area contributed by atoms with Gasteiger partial charge in [0, 0.05) is 17.6 Å². The fourth-order valence-electron chi connectivity index (χ4n) is 4.91. The van der Waals surface area contributed by atoms with Gasteiger partial charge in [0.2, 0.25) is 11.8 Å². The number of hydrogen-bond donors (Lipinski definition) is 1. The standard InChI is InChI=1S/C31H36ClN3O4S/c1-22-17-18-27(19-23(22)2)35(40(38,39)28-14-5-4-6-15-28)21-30(36)34(20-25-11-7-10-16-29(25)32)24(3)31(37)33-26-12-8-9-13-26/h4-7,10-11,14-19,24,26H,8-9,12-13,20-21H2,1-3H3,(H,33,37)/t24-/m0/s1. The van der Waals surface area contributed by atoms with Crippen LogP contribution >= 0.6 is 11.6 Å². The molecule has 1 aliphatic carbocycles. The van der Waals surface area contributed by atoms with Crippen molar-refractivity contribution in [3.8, 4) is 0 Å². The van der Waals surface area contributed by atoms with E-state index in [9.17, 15) is 18.0 Å². The van der Waals surface area contributed by atoms with Crippen molar-refractivity contribution in [3.05, 3.63) is 94.5 Å². The van der Waals surface area contributed by atoms with Crippen molar-refractivity contribution in [2.75, 3.05) is 10.8 Å². The molecule has 3 aromatic rings. The lowest BCUT2D eigenvalue weighted by molar-refractivity contribution is -0.139. The summed E-state index contributed by atoms with van der Waals surface area (Å²) in [6.45, 7) is 5.09. The van der Waals surface area contributed by atoms with Crippen LogP contribution in [0.4, 0.5) is 5.69 Å². The predicted molar refractivity (Wildman–Crippen MR) is 159 cm³/mol. The molecule has 212 valence electrons. The van der Waals surface area contributed by atoms with Crippen molar-refractivity contribution in [3.63, 3.8) is 0 Å². The van der Waals surface area contributed by atoms with Crippen LogP contribution in [-0.4, -0.2) is 43.8 Å². The Hall–Kier alpha value is -3.36. The number of nitrogens with one attached hydrogen (secondary N) is 1. The highest BCUT2D eigenvalue weighted by atomic mass is 35.5. The van der Waals surface area contributed by atoms with Crippen LogP contribution in [-0.2, 0) is 26.2 Å². The van der Waals surface area contributed by atoms with Gasteiger partial charge in [-0.25, -0.2) is 8.42 Å². The first-order valence-electron chi connectivity index (χ1n) is 13.6. The zero-order chi connectivity index (χ0) is 28.9. The van der Waals surface area contributed by atoms with Crippen LogP contribution in [0.25, 0.3) is 0 Å². The first kappa shape index (κ1) is 29.6. The molecule has 0 unspecified atom stereocenters. The normalized spacial score (nSPS) is 14.5. The monoisotopic (exact) mass is 581 g/mol. The second kappa shape index (κ2) is 12.9. The number of halogens is 1. The smallest absolute Gasteiger partial charge is 0.264 e. The molecule has 0 radical (unpaired) electrons. The molecule has 4 rings (SSSR count). The molecule has 0 heterocycles. The number of sulfonamides is 1. The van der Waals surface area contributed by atoms with Gasteiger partial charge in [0.25, 0.3) is 10.0 Å². The van der Waals surface area contributed by atoms with Gasteiger partial charge in [-0.15, -0.1) is 0 Å². The number of rotatable bonds is 10. The Morgan fingerprint density at radius 2 is 1.60 bits per heavy atom. The molecule has 0 bridgehead atoms. The Morgan fingerprint density at radius 1 is 0.950 bits per heavy atom. The maximum absolute atomic E-state index is 14.1. The van der Waals surface area contributed by atoms with E-state index in [-0.39, 0.29) is 23.4 Å². The summed E-state index contributed by atoms with van der Waals surface area (Å²) in [6.07, 6.45) is 3.94. The van der Waals surface area contributed by atoms with Gasteiger partial charge in [0.05, 0.1) is 10.6 Å². The minimum atomic E-state index is -4.10. The molecule has 1 atom stereocenters. The minimum absolute atomic E-state index is 0.0594. The molecule has 1 N–H and O–H groups in total. The van der Waals surface area contributed by atoms with Crippen LogP contribution in [0.3, 0.4) is 0 Å². The number of amides is 2. The van der Waals surface area contributed by atoms with E-state index in [2.05, 4.69) is 5.32 Å². The summed E-state index contributed by atoms with van der Waals surface area (Å²) in [7, 11) is -4.10. The van der Waals surface area contributed by atoms with Gasteiger partial charge < -0.3 is 10.2 Å². The van der Waals surface area contributed by atoms with Gasteiger partial charge in [0.1, 0.15) is 12.6 Å². The Labute approximate surface area is 242 Å². The van der Waals surface area contributed by atoms with E-state index < -0.39 is 28.5 Å². The van der Waals surface area contributed by atoms with Gasteiger partial charge in [-0.2, -0.15) is 0 Å². The lowest BCUT2D eigenvalue weighted by atomic mass is 10.1. The van der Waals surface area contributed by atoms with E-state index in [1.807, 2.05) is 26.0 Å². The van der Waals surface area contributed by atoms with Crippen molar-refractivity contribution >= 4 is 39.1 Å². The summed E-state index contributed by atoms with van der Waals surface area (Å²) in [6, 6.07) is 19.7. The van der Waals surface area contributed by atoms with Crippen molar-refractivity contribution < 1.29 is 18.0 Å². The molecule has 7 nitrogen and oxygen atoms in total. The van der Waals surface area contributed by atoms with E-state index >= 15 is 0 Å². The molecule has 1 saturated carbocycles. The summed E-state index contributed by atoms with van der Waals surface area (Å²) < 4.78 is 28.9.